The van der Waals surface area contributed by atoms with Crippen LogP contribution in [0.5, 0.6) is 0 Å². The third-order valence-electron chi connectivity index (χ3n) is 4.50. The number of halogens is 3. The fourth-order valence-electron chi connectivity index (χ4n) is 2.88. The molecule has 154 valence electrons. The lowest BCUT2D eigenvalue weighted by atomic mass is 9.65. The fourth-order valence-corrected chi connectivity index (χ4v) is 3.82. The van der Waals surface area contributed by atoms with Crippen LogP contribution >= 0.6 is 0 Å². The van der Waals surface area contributed by atoms with Crippen LogP contribution in [0.15, 0.2) is 66.2 Å². The maximum atomic E-state index is 13.4. The van der Waals surface area contributed by atoms with Crippen molar-refractivity contribution in [3.05, 3.63) is 82.9 Å². The molecule has 2 aromatic rings. The zero-order chi connectivity index (χ0) is 23.2. The fraction of sp³-hybridized carbons (Fsp3) is 0.167. The molecular formula is C18H11B3F3NO5S. The van der Waals surface area contributed by atoms with E-state index in [1.165, 1.54) is 30.3 Å². The van der Waals surface area contributed by atoms with Crippen molar-refractivity contribution in [1.82, 2.24) is 0 Å². The smallest absolute Gasteiger partial charge is 0.416 e. The molecule has 31 heavy (non-hydrogen) atoms. The second-order valence-electron chi connectivity index (χ2n) is 6.60. The van der Waals surface area contributed by atoms with Crippen LogP contribution in [0.25, 0.3) is 0 Å². The molecule has 2 aromatic carbocycles. The number of carbonyl (C=O) groups excluding carboxylic acids is 1. The average molecular weight is 443 g/mol. The first kappa shape index (κ1) is 22.9. The van der Waals surface area contributed by atoms with Gasteiger partial charge in [-0.15, -0.1) is 0 Å². The molecule has 1 aliphatic rings. The Morgan fingerprint density at radius 3 is 2.13 bits per heavy atom. The van der Waals surface area contributed by atoms with Crippen LogP contribution in [0.4, 0.5) is 13.2 Å². The molecular weight excluding hydrogens is 432 g/mol. The molecule has 0 fully saturated rings. The number of benzene rings is 2. The highest BCUT2D eigenvalue weighted by Gasteiger charge is 2.53. The molecule has 6 nitrogen and oxygen atoms in total. The van der Waals surface area contributed by atoms with Crippen molar-refractivity contribution < 1.29 is 35.3 Å². The zero-order valence-corrected chi connectivity index (χ0v) is 16.4. The van der Waals surface area contributed by atoms with E-state index < -0.39 is 54.9 Å². The molecule has 13 heteroatoms. The van der Waals surface area contributed by atoms with Gasteiger partial charge in [-0.05, 0) is 11.6 Å². The topological polar surface area (TPSA) is 95.7 Å². The molecule has 0 saturated heterocycles. The maximum absolute atomic E-state index is 13.4. The van der Waals surface area contributed by atoms with Gasteiger partial charge >= 0.3 is 16.3 Å². The first-order valence-corrected chi connectivity index (χ1v) is 9.89. The van der Waals surface area contributed by atoms with Gasteiger partial charge in [0.1, 0.15) is 7.85 Å². The van der Waals surface area contributed by atoms with Crippen molar-refractivity contribution in [2.75, 3.05) is 0 Å². The van der Waals surface area contributed by atoms with E-state index in [9.17, 15) is 26.4 Å². The Hall–Kier alpha value is -2.82. The summed E-state index contributed by atoms with van der Waals surface area (Å²) in [6.45, 7) is 0. The molecule has 3 rings (SSSR count). The molecule has 1 atom stereocenters. The van der Waals surface area contributed by atoms with Crippen molar-refractivity contribution in [3.8, 4) is 0 Å². The van der Waals surface area contributed by atoms with Crippen LogP contribution in [0.2, 0.25) is 0 Å². The van der Waals surface area contributed by atoms with Gasteiger partial charge in [-0.2, -0.15) is 21.6 Å². The number of alkyl halides is 3. The van der Waals surface area contributed by atoms with E-state index in [-0.39, 0.29) is 5.56 Å². The number of hydrogen-bond acceptors (Lipinski definition) is 6. The number of carbonyl (C=O) groups is 1. The maximum Gasteiger partial charge on any atom is 0.416 e. The van der Waals surface area contributed by atoms with Gasteiger partial charge in [0.25, 0.3) is 0 Å². The van der Waals surface area contributed by atoms with Crippen molar-refractivity contribution in [2.45, 2.75) is 16.2 Å². The minimum absolute atomic E-state index is 0.0954. The van der Waals surface area contributed by atoms with Gasteiger partial charge in [-0.25, -0.2) is 0 Å². The number of ketones is 1. The predicted molar refractivity (Wildman–Crippen MR) is 106 cm³/mol. The van der Waals surface area contributed by atoms with E-state index in [4.69, 9.17) is 38.2 Å². The summed E-state index contributed by atoms with van der Waals surface area (Å²) < 4.78 is 72.6. The number of Topliss-reactive ketones (excluding diaryl/α,β-unsaturated/α-hetero) is 1. The van der Waals surface area contributed by atoms with Gasteiger partial charge in [0, 0.05) is 5.56 Å². The van der Waals surface area contributed by atoms with Crippen molar-refractivity contribution in [1.29, 1.82) is 0 Å². The van der Waals surface area contributed by atoms with Crippen LogP contribution < -0.4 is 5.73 Å². The minimum Gasteiger partial charge on any atom is -0.467 e. The Bertz CT molecular complexity index is 1170. The number of rotatable bonds is 5. The van der Waals surface area contributed by atoms with Gasteiger partial charge in [-0.3, -0.25) is 4.79 Å². The Balaban J connectivity index is 2.00. The van der Waals surface area contributed by atoms with E-state index >= 15 is 0 Å². The lowest BCUT2D eigenvalue weighted by Crippen LogP contribution is -2.41. The lowest BCUT2D eigenvalue weighted by Gasteiger charge is -2.28. The first-order chi connectivity index (χ1) is 14.2. The van der Waals surface area contributed by atoms with Crippen molar-refractivity contribution in [3.63, 3.8) is 0 Å². The second kappa shape index (κ2) is 7.40. The van der Waals surface area contributed by atoms with Crippen LogP contribution in [0.3, 0.4) is 0 Å². The Morgan fingerprint density at radius 2 is 1.55 bits per heavy atom. The van der Waals surface area contributed by atoms with Crippen LogP contribution in [-0.4, -0.2) is 37.7 Å². The van der Waals surface area contributed by atoms with E-state index in [2.05, 4.69) is 0 Å². The standard InChI is InChI=1S/C18H11B3F3NO5S/c19-16(11-8-4-5-9-12(11)18(22,23)24)14(26)13(15(25)29-16)30-31(27,28)17(20,21)10-6-2-1-3-7-10/h1-9H,25H2/t16-/m1/s1. The second-order valence-corrected chi connectivity index (χ2v) is 8.35. The normalized spacial score (nSPS) is 19.9. The number of hydrogen-bond donors (Lipinski definition) is 1. The van der Waals surface area contributed by atoms with Gasteiger partial charge in [0.05, 0.1) is 25.8 Å². The SMILES string of the molecule is [B]C([B])(c1ccccc1)S(=O)(=O)OC1=C(N)O[C@]([B])(c2ccccc2C(F)(F)F)C1=O. The summed E-state index contributed by atoms with van der Waals surface area (Å²) in [5, 5.41) is 0. The molecule has 1 aliphatic heterocycles. The molecule has 0 unspecified atom stereocenters. The van der Waals surface area contributed by atoms with E-state index in [1.807, 2.05) is 0 Å². The summed E-state index contributed by atoms with van der Waals surface area (Å²) in [6.07, 6.45) is -4.89. The van der Waals surface area contributed by atoms with Crippen LogP contribution in [-0.2, 0) is 40.1 Å². The van der Waals surface area contributed by atoms with Gasteiger partial charge in [-0.1, -0.05) is 48.5 Å². The number of nitrogens with two attached hydrogens (primary N) is 1. The highest BCUT2D eigenvalue weighted by molar-refractivity contribution is 7.90. The largest absolute Gasteiger partial charge is 0.467 e. The summed E-state index contributed by atoms with van der Waals surface area (Å²) >= 11 is 0. The predicted octanol–water partition coefficient (Wildman–Crippen LogP) is 1.25. The highest BCUT2D eigenvalue weighted by Crippen LogP contribution is 2.43. The summed E-state index contributed by atoms with van der Waals surface area (Å²) in [5.41, 5.74) is 0.578. The molecule has 0 bridgehead atoms. The summed E-state index contributed by atoms with van der Waals surface area (Å²) in [5.74, 6) is -3.55. The summed E-state index contributed by atoms with van der Waals surface area (Å²) in [6, 6.07) is 10.9. The monoisotopic (exact) mass is 443 g/mol. The quantitative estimate of drug-likeness (QED) is 0.553. The Labute approximate surface area is 179 Å². The van der Waals surface area contributed by atoms with Crippen molar-refractivity contribution >= 4 is 39.4 Å². The van der Waals surface area contributed by atoms with E-state index in [1.54, 1.807) is 6.07 Å². The first-order valence-electron chi connectivity index (χ1n) is 8.48. The van der Waals surface area contributed by atoms with Crippen LogP contribution in [0.1, 0.15) is 16.7 Å². The Morgan fingerprint density at radius 1 is 1.00 bits per heavy atom. The Kier molecular flexibility index (Phi) is 5.46. The van der Waals surface area contributed by atoms with E-state index in [0.29, 0.717) is 6.07 Å². The van der Waals surface area contributed by atoms with Crippen molar-refractivity contribution in [2.24, 2.45) is 5.73 Å². The zero-order valence-electron chi connectivity index (χ0n) is 15.6. The molecule has 0 spiro atoms. The number of ether oxygens (including phenoxy) is 1. The summed E-state index contributed by atoms with van der Waals surface area (Å²) in [4.78, 5) is 12.8. The third-order valence-corrected chi connectivity index (χ3v) is 5.95. The van der Waals surface area contributed by atoms with E-state index in [0.717, 1.165) is 12.1 Å². The molecule has 2 N–H and O–H groups in total. The highest BCUT2D eigenvalue weighted by atomic mass is 32.2. The van der Waals surface area contributed by atoms with Gasteiger partial charge in [0.15, 0.2) is 5.50 Å². The summed E-state index contributed by atoms with van der Waals surface area (Å²) in [7, 11) is 12.2. The average Bonchev–Trinajstić information content (AvgIpc) is 2.91. The minimum atomic E-state index is -4.99. The molecule has 6 radical (unpaired) electrons. The molecule has 0 aliphatic carbocycles. The van der Waals surface area contributed by atoms with Gasteiger partial charge < -0.3 is 14.7 Å². The molecule has 0 amide bonds. The third kappa shape index (κ3) is 3.82. The van der Waals surface area contributed by atoms with Gasteiger partial charge in [0.2, 0.25) is 17.4 Å². The lowest BCUT2D eigenvalue weighted by molar-refractivity contribution is -0.140. The van der Waals surface area contributed by atoms with Crippen LogP contribution in [0, 0.1) is 0 Å². The molecule has 1 heterocycles. The molecule has 0 saturated carbocycles. The molecule has 0 aromatic heterocycles.